The normalized spacial score (nSPS) is 13.5. The van der Waals surface area contributed by atoms with Gasteiger partial charge < -0.3 is 4.90 Å². The van der Waals surface area contributed by atoms with Gasteiger partial charge >= 0.3 is 0 Å². The maximum atomic E-state index is 13.3. The molecule has 7 heteroatoms. The summed E-state index contributed by atoms with van der Waals surface area (Å²) in [5.41, 5.74) is 7.85. The summed E-state index contributed by atoms with van der Waals surface area (Å²) in [5, 5.41) is 8.29. The number of nitrogens with one attached hydrogen (secondary N) is 1. The van der Waals surface area contributed by atoms with Gasteiger partial charge in [-0.1, -0.05) is 23.7 Å². The minimum absolute atomic E-state index is 0.0131. The van der Waals surface area contributed by atoms with Crippen molar-refractivity contribution in [1.29, 1.82) is 0 Å². The summed E-state index contributed by atoms with van der Waals surface area (Å²) in [6.45, 7) is 5.01. The molecule has 0 radical (unpaired) electrons. The van der Waals surface area contributed by atoms with Gasteiger partial charge in [-0.15, -0.1) is 0 Å². The molecule has 0 saturated heterocycles. The molecule has 0 atom stereocenters. The Bertz CT molecular complexity index is 1300. The monoisotopic (exact) mass is 417 g/mol. The lowest BCUT2D eigenvalue weighted by Crippen LogP contribution is -2.35. The number of halogens is 1. The lowest BCUT2D eigenvalue weighted by Gasteiger charge is -2.27. The predicted octanol–water partition coefficient (Wildman–Crippen LogP) is 4.49. The van der Waals surface area contributed by atoms with E-state index in [4.69, 9.17) is 11.6 Å². The maximum Gasteiger partial charge on any atom is 0.254 e. The first-order chi connectivity index (χ1) is 14.5. The molecule has 0 aliphatic carbocycles. The van der Waals surface area contributed by atoms with E-state index in [-0.39, 0.29) is 5.91 Å². The van der Waals surface area contributed by atoms with Crippen LogP contribution < -0.4 is 0 Å². The standard InChI is InChI=1S/C23H20ClN5O/c1-13-14(2)26-21-11-16(6-7-20(21)25-13)23(30)29-9-8-19-18(12-29)22(28-27-19)15-4-3-5-17(24)10-15/h3-7,10-11H,8-9,12H2,1-2H3,(H,27,28). The van der Waals surface area contributed by atoms with Crippen molar-refractivity contribution >= 4 is 28.5 Å². The van der Waals surface area contributed by atoms with Gasteiger partial charge in [-0.2, -0.15) is 5.10 Å². The smallest absolute Gasteiger partial charge is 0.254 e. The summed E-state index contributed by atoms with van der Waals surface area (Å²) < 4.78 is 0. The van der Waals surface area contributed by atoms with E-state index < -0.39 is 0 Å². The average molecular weight is 418 g/mol. The highest BCUT2D eigenvalue weighted by Gasteiger charge is 2.26. The summed E-state index contributed by atoms with van der Waals surface area (Å²) in [5.74, 6) is -0.0131. The molecular formula is C23H20ClN5O. The van der Waals surface area contributed by atoms with Crippen molar-refractivity contribution in [1.82, 2.24) is 25.1 Å². The third-order valence-corrected chi connectivity index (χ3v) is 5.88. The number of aryl methyl sites for hydroxylation is 2. The van der Waals surface area contributed by atoms with Gasteiger partial charge in [-0.25, -0.2) is 9.97 Å². The van der Waals surface area contributed by atoms with Crippen molar-refractivity contribution in [3.05, 3.63) is 75.7 Å². The molecule has 1 N–H and O–H groups in total. The third-order valence-electron chi connectivity index (χ3n) is 5.64. The Labute approximate surface area is 178 Å². The van der Waals surface area contributed by atoms with Crippen LogP contribution in [0.2, 0.25) is 5.02 Å². The van der Waals surface area contributed by atoms with Crippen molar-refractivity contribution < 1.29 is 4.79 Å². The molecule has 4 aromatic rings. The highest BCUT2D eigenvalue weighted by molar-refractivity contribution is 6.30. The number of carbonyl (C=O) groups excluding carboxylic acids is 1. The molecule has 30 heavy (non-hydrogen) atoms. The molecular weight excluding hydrogens is 398 g/mol. The number of H-pyrrole nitrogens is 1. The Hall–Kier alpha value is -3.25. The third kappa shape index (κ3) is 3.23. The molecule has 1 aliphatic rings. The van der Waals surface area contributed by atoms with Gasteiger partial charge in [0.15, 0.2) is 0 Å². The SMILES string of the molecule is Cc1nc2ccc(C(=O)N3CCc4[nH]nc(-c5cccc(Cl)c5)c4C3)cc2nc1C. The zero-order valence-corrected chi connectivity index (χ0v) is 17.5. The Balaban J connectivity index is 1.46. The number of nitrogens with zero attached hydrogens (tertiary/aromatic N) is 4. The summed E-state index contributed by atoms with van der Waals surface area (Å²) in [6.07, 6.45) is 0.736. The van der Waals surface area contributed by atoms with Gasteiger partial charge in [-0.3, -0.25) is 9.89 Å². The van der Waals surface area contributed by atoms with Gasteiger partial charge in [0.05, 0.1) is 28.1 Å². The van der Waals surface area contributed by atoms with Crippen LogP contribution >= 0.6 is 11.6 Å². The molecule has 5 rings (SSSR count). The summed E-state index contributed by atoms with van der Waals surface area (Å²) in [7, 11) is 0. The fourth-order valence-corrected chi connectivity index (χ4v) is 4.08. The molecule has 1 aliphatic heterocycles. The van der Waals surface area contributed by atoms with Crippen LogP contribution in [0.5, 0.6) is 0 Å². The number of aromatic nitrogens is 4. The minimum Gasteiger partial charge on any atom is -0.334 e. The first kappa shape index (κ1) is 18.8. The van der Waals surface area contributed by atoms with Crippen LogP contribution in [0.3, 0.4) is 0 Å². The Morgan fingerprint density at radius 1 is 1.07 bits per heavy atom. The lowest BCUT2D eigenvalue weighted by atomic mass is 10.0. The molecule has 6 nitrogen and oxygen atoms in total. The number of aromatic amines is 1. The van der Waals surface area contributed by atoms with Crippen LogP contribution in [-0.2, 0) is 13.0 Å². The molecule has 150 valence electrons. The summed E-state index contributed by atoms with van der Waals surface area (Å²) >= 11 is 6.16. The Kier molecular flexibility index (Phi) is 4.51. The topological polar surface area (TPSA) is 74.8 Å². The largest absolute Gasteiger partial charge is 0.334 e. The van der Waals surface area contributed by atoms with E-state index in [9.17, 15) is 4.79 Å². The molecule has 1 amide bonds. The number of hydrogen-bond donors (Lipinski definition) is 1. The van der Waals surface area contributed by atoms with Crippen LogP contribution in [0.1, 0.15) is 33.0 Å². The van der Waals surface area contributed by atoms with E-state index >= 15 is 0 Å². The molecule has 2 aromatic carbocycles. The number of carbonyl (C=O) groups is 1. The average Bonchev–Trinajstić information content (AvgIpc) is 3.17. The van der Waals surface area contributed by atoms with E-state index in [0.29, 0.717) is 23.7 Å². The fraction of sp³-hybridized carbons (Fsp3) is 0.217. The quantitative estimate of drug-likeness (QED) is 0.521. The van der Waals surface area contributed by atoms with E-state index in [1.54, 1.807) is 0 Å². The molecule has 0 spiro atoms. The van der Waals surface area contributed by atoms with Crippen molar-refractivity contribution in [2.75, 3.05) is 6.54 Å². The van der Waals surface area contributed by atoms with E-state index in [1.165, 1.54) is 0 Å². The van der Waals surface area contributed by atoms with Gasteiger partial charge in [0, 0.05) is 46.9 Å². The molecule has 0 fully saturated rings. The number of hydrogen-bond acceptors (Lipinski definition) is 4. The van der Waals surface area contributed by atoms with Crippen LogP contribution in [0.4, 0.5) is 0 Å². The number of amides is 1. The molecule has 0 bridgehead atoms. The fourth-order valence-electron chi connectivity index (χ4n) is 3.89. The van der Waals surface area contributed by atoms with Crippen LogP contribution in [0.25, 0.3) is 22.3 Å². The van der Waals surface area contributed by atoms with Crippen molar-refractivity contribution in [3.8, 4) is 11.3 Å². The molecule has 2 aromatic heterocycles. The Morgan fingerprint density at radius 2 is 1.87 bits per heavy atom. The van der Waals surface area contributed by atoms with Crippen molar-refractivity contribution in [3.63, 3.8) is 0 Å². The van der Waals surface area contributed by atoms with E-state index in [2.05, 4.69) is 20.2 Å². The highest BCUT2D eigenvalue weighted by atomic mass is 35.5. The number of fused-ring (bicyclic) bond motifs is 2. The zero-order chi connectivity index (χ0) is 20.8. The van der Waals surface area contributed by atoms with Gasteiger partial charge in [-0.05, 0) is 44.2 Å². The first-order valence-corrected chi connectivity index (χ1v) is 10.2. The van der Waals surface area contributed by atoms with Gasteiger partial charge in [0.2, 0.25) is 0 Å². The molecule has 0 saturated carbocycles. The Morgan fingerprint density at radius 3 is 2.67 bits per heavy atom. The predicted molar refractivity (Wildman–Crippen MR) is 116 cm³/mol. The second-order valence-electron chi connectivity index (χ2n) is 7.61. The first-order valence-electron chi connectivity index (χ1n) is 9.86. The van der Waals surface area contributed by atoms with Crippen molar-refractivity contribution in [2.24, 2.45) is 0 Å². The highest BCUT2D eigenvalue weighted by Crippen LogP contribution is 2.30. The second kappa shape index (κ2) is 7.22. The van der Waals surface area contributed by atoms with Crippen molar-refractivity contribution in [2.45, 2.75) is 26.8 Å². The lowest BCUT2D eigenvalue weighted by molar-refractivity contribution is 0.0735. The van der Waals surface area contributed by atoms with Crippen LogP contribution in [0, 0.1) is 13.8 Å². The molecule has 0 unspecified atom stereocenters. The molecule has 3 heterocycles. The van der Waals surface area contributed by atoms with E-state index in [1.807, 2.05) is 61.2 Å². The van der Waals surface area contributed by atoms with Gasteiger partial charge in [0.25, 0.3) is 5.91 Å². The van der Waals surface area contributed by atoms with Crippen LogP contribution in [0.15, 0.2) is 42.5 Å². The zero-order valence-electron chi connectivity index (χ0n) is 16.7. The number of rotatable bonds is 2. The van der Waals surface area contributed by atoms with E-state index in [0.717, 1.165) is 51.4 Å². The van der Waals surface area contributed by atoms with Gasteiger partial charge in [0.1, 0.15) is 0 Å². The second-order valence-corrected chi connectivity index (χ2v) is 8.05. The minimum atomic E-state index is -0.0131. The van der Waals surface area contributed by atoms with Crippen LogP contribution in [-0.4, -0.2) is 37.5 Å². The summed E-state index contributed by atoms with van der Waals surface area (Å²) in [4.78, 5) is 24.3. The summed E-state index contributed by atoms with van der Waals surface area (Å²) in [6, 6.07) is 13.2. The number of benzene rings is 2. The maximum absolute atomic E-state index is 13.3.